The van der Waals surface area contributed by atoms with Crippen molar-refractivity contribution >= 4 is 38.6 Å². The number of aryl methyl sites for hydroxylation is 1. The molecule has 2 aromatic heterocycles. The molecule has 0 spiro atoms. The Morgan fingerprint density at radius 3 is 2.64 bits per heavy atom. The maximum Gasteiger partial charge on any atom is 0.290 e. The van der Waals surface area contributed by atoms with Gasteiger partial charge in [-0.25, -0.2) is 4.98 Å². The number of hydrogen-bond acceptors (Lipinski definition) is 5. The van der Waals surface area contributed by atoms with Crippen molar-refractivity contribution in [1.29, 1.82) is 0 Å². The quantitative estimate of drug-likeness (QED) is 0.354. The Balaban J connectivity index is 1.50. The SMILES string of the molecule is O=C(C1=C(O)C(=O)N(CCCn2ccnc2)C1c1ccc(Br)cc1)c1cc2ccccc2o1. The highest BCUT2D eigenvalue weighted by Gasteiger charge is 2.44. The van der Waals surface area contributed by atoms with E-state index < -0.39 is 23.5 Å². The van der Waals surface area contributed by atoms with Crippen LogP contribution in [0.4, 0.5) is 0 Å². The molecular formula is C25H20BrN3O4. The molecule has 1 unspecified atom stereocenters. The summed E-state index contributed by atoms with van der Waals surface area (Å²) in [6.45, 7) is 1.02. The molecule has 0 saturated carbocycles. The molecule has 3 heterocycles. The van der Waals surface area contributed by atoms with Gasteiger partial charge in [0.25, 0.3) is 5.91 Å². The molecule has 1 amide bonds. The van der Waals surface area contributed by atoms with E-state index in [1.165, 1.54) is 0 Å². The van der Waals surface area contributed by atoms with Gasteiger partial charge in [0.2, 0.25) is 5.78 Å². The van der Waals surface area contributed by atoms with E-state index in [-0.39, 0.29) is 11.3 Å². The van der Waals surface area contributed by atoms with Crippen LogP contribution in [0, 0.1) is 0 Å². The molecule has 0 saturated heterocycles. The van der Waals surface area contributed by atoms with Crippen molar-refractivity contribution in [3.63, 3.8) is 0 Å². The van der Waals surface area contributed by atoms with Gasteiger partial charge in [-0.3, -0.25) is 9.59 Å². The molecule has 5 rings (SSSR count). The van der Waals surface area contributed by atoms with Gasteiger partial charge < -0.3 is 19.0 Å². The second kappa shape index (κ2) is 8.71. The molecule has 166 valence electrons. The van der Waals surface area contributed by atoms with E-state index in [1.807, 2.05) is 53.2 Å². The molecule has 2 aromatic carbocycles. The van der Waals surface area contributed by atoms with Crippen LogP contribution >= 0.6 is 15.9 Å². The number of amides is 1. The highest BCUT2D eigenvalue weighted by Crippen LogP contribution is 2.40. The molecule has 33 heavy (non-hydrogen) atoms. The van der Waals surface area contributed by atoms with Crippen LogP contribution in [0.5, 0.6) is 0 Å². The minimum atomic E-state index is -0.714. The van der Waals surface area contributed by atoms with Crippen molar-refractivity contribution < 1.29 is 19.1 Å². The van der Waals surface area contributed by atoms with E-state index in [0.717, 1.165) is 15.4 Å². The van der Waals surface area contributed by atoms with Crippen molar-refractivity contribution in [3.05, 3.63) is 100 Å². The number of rotatable bonds is 7. The number of aliphatic hydroxyl groups excluding tert-OH is 1. The van der Waals surface area contributed by atoms with E-state index >= 15 is 0 Å². The highest BCUT2D eigenvalue weighted by atomic mass is 79.9. The topological polar surface area (TPSA) is 88.6 Å². The minimum Gasteiger partial charge on any atom is -0.503 e. The second-order valence-electron chi connectivity index (χ2n) is 7.85. The number of ketones is 1. The zero-order valence-corrected chi connectivity index (χ0v) is 19.1. The van der Waals surface area contributed by atoms with Crippen molar-refractivity contribution in [2.75, 3.05) is 6.54 Å². The van der Waals surface area contributed by atoms with Crippen molar-refractivity contribution in [2.45, 2.75) is 19.0 Å². The van der Waals surface area contributed by atoms with Crippen LogP contribution in [0.25, 0.3) is 11.0 Å². The van der Waals surface area contributed by atoms with E-state index in [4.69, 9.17) is 4.42 Å². The number of para-hydroxylation sites is 1. The normalized spacial score (nSPS) is 16.2. The van der Waals surface area contributed by atoms with Gasteiger partial charge in [0, 0.05) is 35.3 Å². The fraction of sp³-hybridized carbons (Fsp3) is 0.160. The number of furan rings is 1. The third-order valence-electron chi connectivity index (χ3n) is 5.76. The van der Waals surface area contributed by atoms with Crippen LogP contribution < -0.4 is 0 Å². The molecule has 0 aliphatic carbocycles. The maximum atomic E-state index is 13.5. The first-order chi connectivity index (χ1) is 16.0. The van der Waals surface area contributed by atoms with Gasteiger partial charge in [-0.05, 0) is 36.2 Å². The summed E-state index contributed by atoms with van der Waals surface area (Å²) in [7, 11) is 0. The van der Waals surface area contributed by atoms with Crippen molar-refractivity contribution in [2.24, 2.45) is 0 Å². The van der Waals surface area contributed by atoms with E-state index in [0.29, 0.717) is 25.1 Å². The third-order valence-corrected chi connectivity index (χ3v) is 6.29. The fourth-order valence-electron chi connectivity index (χ4n) is 4.18. The summed E-state index contributed by atoms with van der Waals surface area (Å²) < 4.78 is 8.55. The summed E-state index contributed by atoms with van der Waals surface area (Å²) in [5, 5.41) is 11.6. The summed E-state index contributed by atoms with van der Waals surface area (Å²) in [4.78, 5) is 32.2. The predicted molar refractivity (Wildman–Crippen MR) is 126 cm³/mol. The first-order valence-corrected chi connectivity index (χ1v) is 11.3. The zero-order valence-electron chi connectivity index (χ0n) is 17.5. The zero-order chi connectivity index (χ0) is 22.9. The number of hydrogen-bond donors (Lipinski definition) is 1. The Kier molecular flexibility index (Phi) is 5.60. The van der Waals surface area contributed by atoms with E-state index in [2.05, 4.69) is 20.9 Å². The average Bonchev–Trinajstić information content (AvgIpc) is 3.54. The Morgan fingerprint density at radius 2 is 1.91 bits per heavy atom. The lowest BCUT2D eigenvalue weighted by Crippen LogP contribution is -2.32. The molecule has 1 aliphatic rings. The maximum absolute atomic E-state index is 13.5. The summed E-state index contributed by atoms with van der Waals surface area (Å²) >= 11 is 3.42. The third kappa shape index (κ3) is 3.98. The van der Waals surface area contributed by atoms with Gasteiger partial charge in [-0.1, -0.05) is 46.3 Å². The predicted octanol–water partition coefficient (Wildman–Crippen LogP) is 5.06. The summed E-state index contributed by atoms with van der Waals surface area (Å²) in [6, 6.07) is 15.6. The molecule has 8 heteroatoms. The number of fused-ring (bicyclic) bond motifs is 1. The number of nitrogens with zero attached hydrogens (tertiary/aromatic N) is 3. The first kappa shape index (κ1) is 21.2. The van der Waals surface area contributed by atoms with Gasteiger partial charge >= 0.3 is 0 Å². The van der Waals surface area contributed by atoms with Gasteiger partial charge in [0.05, 0.1) is 17.9 Å². The van der Waals surface area contributed by atoms with E-state index in [1.54, 1.807) is 29.6 Å². The molecule has 0 bridgehead atoms. The molecule has 1 aliphatic heterocycles. The standard InChI is InChI=1S/C25H20BrN3O4/c26-18-8-6-16(7-9-18)22-21(23(30)20-14-17-4-1-2-5-19(17)33-20)24(31)25(32)29(22)12-3-11-28-13-10-27-15-28/h1-2,4-10,13-15,22,31H,3,11-12H2. The van der Waals surface area contributed by atoms with Crippen molar-refractivity contribution in [1.82, 2.24) is 14.5 Å². The van der Waals surface area contributed by atoms with Gasteiger partial charge in [-0.2, -0.15) is 0 Å². The van der Waals surface area contributed by atoms with Crippen molar-refractivity contribution in [3.8, 4) is 0 Å². The summed E-state index contributed by atoms with van der Waals surface area (Å²) in [5.41, 5.74) is 1.34. The molecule has 1 N–H and O–H groups in total. The number of carbonyl (C=O) groups excluding carboxylic acids is 2. The highest BCUT2D eigenvalue weighted by molar-refractivity contribution is 9.10. The Hall–Kier alpha value is -3.65. The molecule has 1 atom stereocenters. The Bertz CT molecular complexity index is 1320. The number of halogens is 1. The molecule has 0 radical (unpaired) electrons. The number of imidazole rings is 1. The number of aliphatic hydroxyl groups is 1. The van der Waals surface area contributed by atoms with Gasteiger partial charge in [-0.15, -0.1) is 0 Å². The second-order valence-corrected chi connectivity index (χ2v) is 8.76. The molecule has 7 nitrogen and oxygen atoms in total. The average molecular weight is 506 g/mol. The van der Waals surface area contributed by atoms with Crippen LogP contribution in [0.1, 0.15) is 28.6 Å². The summed E-state index contributed by atoms with van der Waals surface area (Å²) in [5.74, 6) is -1.50. The van der Waals surface area contributed by atoms with Gasteiger partial charge in [0.15, 0.2) is 11.5 Å². The number of aromatic nitrogens is 2. The largest absolute Gasteiger partial charge is 0.503 e. The molecule has 0 fully saturated rings. The Morgan fingerprint density at radius 1 is 1.12 bits per heavy atom. The lowest BCUT2D eigenvalue weighted by Gasteiger charge is -2.26. The molecular weight excluding hydrogens is 486 g/mol. The van der Waals surface area contributed by atoms with Crippen LogP contribution in [0.3, 0.4) is 0 Å². The van der Waals surface area contributed by atoms with E-state index in [9.17, 15) is 14.7 Å². The number of benzene rings is 2. The van der Waals surface area contributed by atoms with Crippen LogP contribution in [-0.4, -0.2) is 37.8 Å². The Labute approximate surface area is 198 Å². The number of carbonyl (C=O) groups is 2. The lowest BCUT2D eigenvalue weighted by molar-refractivity contribution is -0.129. The molecule has 4 aromatic rings. The van der Waals surface area contributed by atoms with Crippen LogP contribution in [-0.2, 0) is 11.3 Å². The number of Topliss-reactive ketones (excluding diaryl/α,β-unsaturated/α-hetero) is 1. The smallest absolute Gasteiger partial charge is 0.290 e. The van der Waals surface area contributed by atoms with Crippen LogP contribution in [0.15, 0.2) is 93.5 Å². The van der Waals surface area contributed by atoms with Crippen LogP contribution in [0.2, 0.25) is 0 Å². The first-order valence-electron chi connectivity index (χ1n) is 10.5. The lowest BCUT2D eigenvalue weighted by atomic mass is 9.95. The fourth-order valence-corrected chi connectivity index (χ4v) is 4.44. The van der Waals surface area contributed by atoms with Gasteiger partial charge in [0.1, 0.15) is 5.58 Å². The minimum absolute atomic E-state index is 0.0315. The summed E-state index contributed by atoms with van der Waals surface area (Å²) in [6.07, 6.45) is 5.90. The monoisotopic (exact) mass is 505 g/mol.